The number of aromatic nitrogens is 5. The van der Waals surface area contributed by atoms with E-state index in [9.17, 15) is 4.21 Å². The van der Waals surface area contributed by atoms with Crippen LogP contribution in [0.25, 0.3) is 22.8 Å². The minimum atomic E-state index is -2.11. The van der Waals surface area contributed by atoms with Crippen molar-refractivity contribution in [3.8, 4) is 17.4 Å². The Morgan fingerprint density at radius 2 is 2.00 bits per heavy atom. The summed E-state index contributed by atoms with van der Waals surface area (Å²) in [5, 5.41) is 0. The van der Waals surface area contributed by atoms with Crippen LogP contribution < -0.4 is 9.46 Å². The van der Waals surface area contributed by atoms with Crippen molar-refractivity contribution in [3.63, 3.8) is 0 Å². The van der Waals surface area contributed by atoms with Crippen molar-refractivity contribution in [2.45, 2.75) is 46.2 Å². The predicted molar refractivity (Wildman–Crippen MR) is 107 cm³/mol. The molecule has 2 N–H and O–H groups in total. The zero-order chi connectivity index (χ0) is 20.1. The maximum absolute atomic E-state index is 10.9. The number of hydrogen-bond donors (Lipinski definition) is 2. The lowest BCUT2D eigenvalue weighted by atomic mass is 10.1. The SMILES string of the molecule is CCOc1cccc(-c2nc3ncc(CNS(=O)O)nc3n2C(CC)CC)n1. The molecule has 0 aliphatic carbocycles. The molecule has 1 unspecified atom stereocenters. The molecule has 3 rings (SSSR count). The third-order valence-corrected chi connectivity index (χ3v) is 4.77. The minimum Gasteiger partial charge on any atom is -0.478 e. The number of ether oxygens (including phenoxy) is 1. The number of hydrogen-bond acceptors (Lipinski definition) is 6. The van der Waals surface area contributed by atoms with Gasteiger partial charge in [0.15, 0.2) is 17.1 Å². The third kappa shape index (κ3) is 4.34. The van der Waals surface area contributed by atoms with E-state index in [2.05, 4.69) is 43.1 Å². The Labute approximate surface area is 166 Å². The summed E-state index contributed by atoms with van der Waals surface area (Å²) in [5.41, 5.74) is 2.40. The summed E-state index contributed by atoms with van der Waals surface area (Å²) >= 11 is -2.11. The normalized spacial score (nSPS) is 12.6. The van der Waals surface area contributed by atoms with Crippen LogP contribution in [0.2, 0.25) is 0 Å². The molecule has 150 valence electrons. The second-order valence-electron chi connectivity index (χ2n) is 6.15. The van der Waals surface area contributed by atoms with Gasteiger partial charge < -0.3 is 9.30 Å². The summed E-state index contributed by atoms with van der Waals surface area (Å²) in [4.78, 5) is 18.3. The number of nitrogens with one attached hydrogen (secondary N) is 1. The summed E-state index contributed by atoms with van der Waals surface area (Å²) in [5.74, 6) is 1.22. The molecule has 0 fully saturated rings. The Kier molecular flexibility index (Phi) is 6.65. The molecule has 10 heteroatoms. The molecule has 0 spiro atoms. The van der Waals surface area contributed by atoms with E-state index in [0.29, 0.717) is 41.0 Å². The zero-order valence-corrected chi connectivity index (χ0v) is 16.9. The van der Waals surface area contributed by atoms with Crippen molar-refractivity contribution in [3.05, 3.63) is 30.1 Å². The summed E-state index contributed by atoms with van der Waals surface area (Å²) in [7, 11) is 0. The molecule has 0 bridgehead atoms. The van der Waals surface area contributed by atoms with Crippen LogP contribution in [0, 0.1) is 0 Å². The zero-order valence-electron chi connectivity index (χ0n) is 16.1. The Balaban J connectivity index is 2.14. The van der Waals surface area contributed by atoms with Gasteiger partial charge in [-0.15, -0.1) is 0 Å². The Hall–Kier alpha value is -2.43. The molecule has 0 aliphatic rings. The largest absolute Gasteiger partial charge is 0.478 e. The van der Waals surface area contributed by atoms with Crippen LogP contribution in [0.3, 0.4) is 0 Å². The second kappa shape index (κ2) is 9.18. The van der Waals surface area contributed by atoms with Crippen LogP contribution in [-0.2, 0) is 17.8 Å². The van der Waals surface area contributed by atoms with Gasteiger partial charge in [-0.05, 0) is 25.8 Å². The van der Waals surface area contributed by atoms with Crippen LogP contribution >= 0.6 is 0 Å². The minimum absolute atomic E-state index is 0.132. The second-order valence-corrected chi connectivity index (χ2v) is 6.94. The van der Waals surface area contributed by atoms with E-state index in [-0.39, 0.29) is 12.6 Å². The van der Waals surface area contributed by atoms with Gasteiger partial charge in [-0.3, -0.25) is 4.55 Å². The Morgan fingerprint density at radius 3 is 2.68 bits per heavy atom. The van der Waals surface area contributed by atoms with Crippen LogP contribution in [0.1, 0.15) is 45.3 Å². The smallest absolute Gasteiger partial charge is 0.232 e. The Bertz CT molecular complexity index is 973. The fourth-order valence-electron chi connectivity index (χ4n) is 3.07. The number of imidazole rings is 1. The maximum atomic E-state index is 10.9. The molecule has 3 heterocycles. The number of fused-ring (bicyclic) bond motifs is 1. The van der Waals surface area contributed by atoms with Crippen LogP contribution in [0.5, 0.6) is 5.88 Å². The number of nitrogens with zero attached hydrogens (tertiary/aromatic N) is 5. The average Bonchev–Trinajstić information content (AvgIpc) is 3.07. The molecule has 0 saturated heterocycles. The van der Waals surface area contributed by atoms with E-state index in [1.807, 2.05) is 25.1 Å². The first-order chi connectivity index (χ1) is 13.6. The molecule has 3 aromatic heterocycles. The van der Waals surface area contributed by atoms with E-state index >= 15 is 0 Å². The topological polar surface area (TPSA) is 115 Å². The van der Waals surface area contributed by atoms with Crippen molar-refractivity contribution in [1.29, 1.82) is 0 Å². The molecule has 0 saturated carbocycles. The molecular weight excluding hydrogens is 380 g/mol. The van der Waals surface area contributed by atoms with Gasteiger partial charge >= 0.3 is 0 Å². The quantitative estimate of drug-likeness (QED) is 0.527. The van der Waals surface area contributed by atoms with E-state index in [1.165, 1.54) is 0 Å². The van der Waals surface area contributed by atoms with Gasteiger partial charge in [0, 0.05) is 12.1 Å². The van der Waals surface area contributed by atoms with Gasteiger partial charge in [0.1, 0.15) is 5.69 Å². The van der Waals surface area contributed by atoms with Crippen molar-refractivity contribution < 1.29 is 13.5 Å². The average molecular weight is 404 g/mol. The summed E-state index contributed by atoms with van der Waals surface area (Å²) in [6, 6.07) is 5.75. The highest BCUT2D eigenvalue weighted by Gasteiger charge is 2.21. The van der Waals surface area contributed by atoms with Gasteiger partial charge in [0.25, 0.3) is 0 Å². The fourth-order valence-corrected chi connectivity index (χ4v) is 3.34. The molecule has 0 radical (unpaired) electrons. The highest BCUT2D eigenvalue weighted by molar-refractivity contribution is 7.77. The van der Waals surface area contributed by atoms with Gasteiger partial charge in [-0.2, -0.15) is 0 Å². The molecule has 28 heavy (non-hydrogen) atoms. The van der Waals surface area contributed by atoms with Gasteiger partial charge in [0.2, 0.25) is 17.1 Å². The maximum Gasteiger partial charge on any atom is 0.232 e. The first kappa shape index (κ1) is 20.3. The summed E-state index contributed by atoms with van der Waals surface area (Å²) in [6.07, 6.45) is 3.34. The standard InChI is InChI=1S/C18H24N6O3S/c1-4-13(5-2)24-17(14-8-7-9-15(22-14)27-6-3)23-16-18(24)21-12(10-19-16)11-20-28(25)26/h7-10,13,20H,4-6,11H2,1-3H3,(H,25,26). The van der Waals surface area contributed by atoms with E-state index in [0.717, 1.165) is 12.8 Å². The highest BCUT2D eigenvalue weighted by atomic mass is 32.2. The van der Waals surface area contributed by atoms with E-state index in [1.54, 1.807) is 6.20 Å². The lowest BCUT2D eigenvalue weighted by Gasteiger charge is -2.18. The molecule has 3 aromatic rings. The first-order valence-corrected chi connectivity index (χ1v) is 10.4. The fraction of sp³-hybridized carbons (Fsp3) is 0.444. The van der Waals surface area contributed by atoms with Crippen LogP contribution in [0.4, 0.5) is 0 Å². The first-order valence-electron chi connectivity index (χ1n) is 9.25. The molecule has 9 nitrogen and oxygen atoms in total. The number of pyridine rings is 1. The predicted octanol–water partition coefficient (Wildman–Crippen LogP) is 2.87. The van der Waals surface area contributed by atoms with Gasteiger partial charge in [-0.1, -0.05) is 19.9 Å². The van der Waals surface area contributed by atoms with Crippen LogP contribution in [0.15, 0.2) is 24.4 Å². The van der Waals surface area contributed by atoms with Crippen molar-refractivity contribution in [2.75, 3.05) is 6.61 Å². The van der Waals surface area contributed by atoms with Gasteiger partial charge in [-0.25, -0.2) is 28.9 Å². The number of rotatable bonds is 9. The molecule has 0 amide bonds. The van der Waals surface area contributed by atoms with E-state index in [4.69, 9.17) is 9.29 Å². The van der Waals surface area contributed by atoms with E-state index < -0.39 is 11.3 Å². The lowest BCUT2D eigenvalue weighted by molar-refractivity contribution is 0.327. The van der Waals surface area contributed by atoms with Crippen LogP contribution in [-0.4, -0.2) is 39.9 Å². The molecular formula is C18H24N6O3S. The Morgan fingerprint density at radius 1 is 1.21 bits per heavy atom. The summed E-state index contributed by atoms with van der Waals surface area (Å²) in [6.45, 7) is 6.80. The third-order valence-electron chi connectivity index (χ3n) is 4.38. The monoisotopic (exact) mass is 404 g/mol. The molecule has 0 aliphatic heterocycles. The lowest BCUT2D eigenvalue weighted by Crippen LogP contribution is -2.17. The van der Waals surface area contributed by atoms with Crippen molar-refractivity contribution >= 4 is 22.6 Å². The van der Waals surface area contributed by atoms with Crippen molar-refractivity contribution in [1.82, 2.24) is 29.2 Å². The molecule has 1 atom stereocenters. The highest BCUT2D eigenvalue weighted by Crippen LogP contribution is 2.29. The van der Waals surface area contributed by atoms with Crippen molar-refractivity contribution in [2.24, 2.45) is 0 Å². The summed E-state index contributed by atoms with van der Waals surface area (Å²) < 4.78 is 29.8. The van der Waals surface area contributed by atoms with Gasteiger partial charge in [0.05, 0.1) is 25.0 Å². The molecule has 0 aromatic carbocycles.